The minimum absolute atomic E-state index is 0.00760. The van der Waals surface area contributed by atoms with E-state index >= 15 is 0 Å². The Morgan fingerprint density at radius 1 is 1.00 bits per heavy atom. The average molecular weight is 306 g/mol. The molecule has 9 nitrogen and oxygen atoms in total. The van der Waals surface area contributed by atoms with Crippen LogP contribution in [0.1, 0.15) is 0 Å². The summed E-state index contributed by atoms with van der Waals surface area (Å²) in [7, 11) is 2.28. The van der Waals surface area contributed by atoms with Crippen LogP contribution in [0.15, 0.2) is 12.7 Å². The van der Waals surface area contributed by atoms with Crippen molar-refractivity contribution in [2.45, 2.75) is 6.10 Å². The first kappa shape index (κ1) is 18.7. The summed E-state index contributed by atoms with van der Waals surface area (Å²) in [6.07, 6.45) is -1.73. The largest absolute Gasteiger partial charge is 0.508 e. The summed E-state index contributed by atoms with van der Waals surface area (Å²) in [5.41, 5.74) is 0. The van der Waals surface area contributed by atoms with E-state index in [1.807, 2.05) is 0 Å². The van der Waals surface area contributed by atoms with Gasteiger partial charge in [0.05, 0.1) is 27.4 Å². The van der Waals surface area contributed by atoms with E-state index in [0.717, 1.165) is 20.3 Å². The lowest BCUT2D eigenvalue weighted by atomic mass is 10.4. The Morgan fingerprint density at radius 3 is 2.24 bits per heavy atom. The fraction of sp³-hybridized carbons (Fsp3) is 0.583. The molecule has 0 aliphatic carbocycles. The highest BCUT2D eigenvalue weighted by Gasteiger charge is 2.18. The van der Waals surface area contributed by atoms with Crippen LogP contribution in [0.4, 0.5) is 9.59 Å². The number of hydrogen-bond donors (Lipinski definition) is 0. The van der Waals surface area contributed by atoms with Crippen LogP contribution in [0.3, 0.4) is 0 Å². The highest BCUT2D eigenvalue weighted by Crippen LogP contribution is 1.99. The van der Waals surface area contributed by atoms with Gasteiger partial charge in [0.15, 0.2) is 6.10 Å². The molecule has 0 rings (SSSR count). The van der Waals surface area contributed by atoms with Crippen LogP contribution in [0.2, 0.25) is 0 Å². The van der Waals surface area contributed by atoms with E-state index in [-0.39, 0.29) is 26.4 Å². The molecule has 120 valence electrons. The van der Waals surface area contributed by atoms with Crippen molar-refractivity contribution in [1.82, 2.24) is 0 Å². The van der Waals surface area contributed by atoms with E-state index in [0.29, 0.717) is 0 Å². The Morgan fingerprint density at radius 2 is 1.67 bits per heavy atom. The van der Waals surface area contributed by atoms with Crippen molar-refractivity contribution < 1.29 is 42.8 Å². The lowest BCUT2D eigenvalue weighted by Crippen LogP contribution is -2.30. The van der Waals surface area contributed by atoms with Gasteiger partial charge in [-0.1, -0.05) is 6.58 Å². The second-order valence-electron chi connectivity index (χ2n) is 3.41. The number of methoxy groups -OCH3 is 2. The molecule has 0 aromatic heterocycles. The number of ether oxygens (including phenoxy) is 6. The minimum atomic E-state index is -0.949. The summed E-state index contributed by atoms with van der Waals surface area (Å²) < 4.78 is 27.8. The molecule has 0 heterocycles. The van der Waals surface area contributed by atoms with Gasteiger partial charge < -0.3 is 28.4 Å². The molecule has 0 spiro atoms. The number of hydrogen-bond acceptors (Lipinski definition) is 9. The molecule has 0 bridgehead atoms. The van der Waals surface area contributed by atoms with Gasteiger partial charge in [-0.15, -0.1) is 0 Å². The topological polar surface area (TPSA) is 107 Å². The molecule has 0 fully saturated rings. The Bertz CT molecular complexity index is 353. The van der Waals surface area contributed by atoms with Gasteiger partial charge in [-0.25, -0.2) is 14.4 Å². The monoisotopic (exact) mass is 306 g/mol. The van der Waals surface area contributed by atoms with E-state index in [2.05, 4.69) is 25.5 Å². The van der Waals surface area contributed by atoms with E-state index in [1.54, 1.807) is 0 Å². The third kappa shape index (κ3) is 10.2. The van der Waals surface area contributed by atoms with Gasteiger partial charge in [0.25, 0.3) is 0 Å². The van der Waals surface area contributed by atoms with Crippen LogP contribution in [0.5, 0.6) is 0 Å². The smallest absolute Gasteiger partial charge is 0.460 e. The maximum absolute atomic E-state index is 11.0. The van der Waals surface area contributed by atoms with Crippen LogP contribution in [-0.2, 0) is 33.2 Å². The first-order chi connectivity index (χ1) is 10.0. The van der Waals surface area contributed by atoms with Crippen molar-refractivity contribution >= 4 is 18.3 Å². The predicted octanol–water partition coefficient (Wildman–Crippen LogP) is 0.667. The average Bonchev–Trinajstić information content (AvgIpc) is 2.50. The van der Waals surface area contributed by atoms with E-state index in [4.69, 9.17) is 9.47 Å². The van der Waals surface area contributed by atoms with Gasteiger partial charge in [-0.2, -0.15) is 0 Å². The van der Waals surface area contributed by atoms with Crippen LogP contribution < -0.4 is 0 Å². The highest BCUT2D eigenvalue weighted by molar-refractivity contribution is 5.81. The Labute approximate surface area is 121 Å². The highest BCUT2D eigenvalue weighted by atomic mass is 16.7. The zero-order valence-electron chi connectivity index (χ0n) is 11.9. The van der Waals surface area contributed by atoms with E-state index < -0.39 is 24.4 Å². The minimum Gasteiger partial charge on any atom is -0.460 e. The number of esters is 1. The maximum Gasteiger partial charge on any atom is 0.508 e. The van der Waals surface area contributed by atoms with Crippen LogP contribution >= 0.6 is 0 Å². The van der Waals surface area contributed by atoms with E-state index in [1.165, 1.54) is 0 Å². The summed E-state index contributed by atoms with van der Waals surface area (Å²) >= 11 is 0. The van der Waals surface area contributed by atoms with Gasteiger partial charge in [0.2, 0.25) is 0 Å². The Balaban J connectivity index is 4.02. The van der Waals surface area contributed by atoms with Gasteiger partial charge in [0, 0.05) is 6.08 Å². The third-order valence-electron chi connectivity index (χ3n) is 1.93. The van der Waals surface area contributed by atoms with Crippen LogP contribution in [-0.4, -0.2) is 65.0 Å². The summed E-state index contributed by atoms with van der Waals surface area (Å²) in [6.45, 7) is 2.95. The molecule has 0 radical (unpaired) electrons. The van der Waals surface area contributed by atoms with Crippen molar-refractivity contribution in [2.75, 3.05) is 40.6 Å². The van der Waals surface area contributed by atoms with Gasteiger partial charge >= 0.3 is 18.3 Å². The molecule has 0 aromatic rings. The van der Waals surface area contributed by atoms with Crippen molar-refractivity contribution in [2.24, 2.45) is 0 Å². The fourth-order valence-electron chi connectivity index (χ4n) is 0.995. The van der Waals surface area contributed by atoms with Gasteiger partial charge in [-0.05, 0) is 0 Å². The third-order valence-corrected chi connectivity index (χ3v) is 1.93. The number of rotatable bonds is 9. The molecule has 0 amide bonds. The van der Waals surface area contributed by atoms with E-state index in [9.17, 15) is 14.4 Å². The summed E-state index contributed by atoms with van der Waals surface area (Å²) in [6, 6.07) is 0. The zero-order chi connectivity index (χ0) is 16.1. The number of carbonyl (C=O) groups is 3. The van der Waals surface area contributed by atoms with Crippen LogP contribution in [0, 0.1) is 0 Å². The molecule has 1 unspecified atom stereocenters. The van der Waals surface area contributed by atoms with Crippen LogP contribution in [0.25, 0.3) is 0 Å². The Kier molecular flexibility index (Phi) is 10.3. The van der Waals surface area contributed by atoms with Crippen molar-refractivity contribution in [1.29, 1.82) is 0 Å². The first-order valence-corrected chi connectivity index (χ1v) is 5.85. The second kappa shape index (κ2) is 11.5. The molecule has 1 atom stereocenters. The predicted molar refractivity (Wildman–Crippen MR) is 67.6 cm³/mol. The normalized spacial score (nSPS) is 11.0. The summed E-state index contributed by atoms with van der Waals surface area (Å²) in [5.74, 6) is -0.574. The molecule has 0 aromatic carbocycles. The lowest BCUT2D eigenvalue weighted by Gasteiger charge is -2.16. The summed E-state index contributed by atoms with van der Waals surface area (Å²) in [5, 5.41) is 0. The first-order valence-electron chi connectivity index (χ1n) is 5.85. The molecular formula is C12H18O9. The fourth-order valence-corrected chi connectivity index (χ4v) is 0.995. The molecule has 21 heavy (non-hydrogen) atoms. The molecule has 0 saturated heterocycles. The van der Waals surface area contributed by atoms with Crippen molar-refractivity contribution in [3.63, 3.8) is 0 Å². The number of carbonyl (C=O) groups excluding carboxylic acids is 3. The van der Waals surface area contributed by atoms with Crippen molar-refractivity contribution in [3.05, 3.63) is 12.7 Å². The molecule has 9 heteroatoms. The lowest BCUT2D eigenvalue weighted by molar-refractivity contribution is -0.139. The molecule has 0 aliphatic heterocycles. The quantitative estimate of drug-likeness (QED) is 0.263. The zero-order valence-corrected chi connectivity index (χ0v) is 11.9. The van der Waals surface area contributed by atoms with Crippen molar-refractivity contribution in [3.8, 4) is 0 Å². The standard InChI is InChI=1S/C12H18O9/c1-4-10(13)19-6-5-18-7-9(21-12(15)17-3)8-20-11(14)16-2/h4,9H,1,5-8H2,2-3H3. The van der Waals surface area contributed by atoms with Gasteiger partial charge in [-0.3, -0.25) is 0 Å². The summed E-state index contributed by atoms with van der Waals surface area (Å²) in [4.78, 5) is 32.6. The second-order valence-corrected chi connectivity index (χ2v) is 3.41. The maximum atomic E-state index is 11.0. The van der Waals surface area contributed by atoms with Gasteiger partial charge in [0.1, 0.15) is 13.2 Å². The molecule has 0 saturated carbocycles. The molecular weight excluding hydrogens is 288 g/mol. The molecule has 0 N–H and O–H groups in total. The Hall–Kier alpha value is -2.29. The molecule has 0 aliphatic rings. The SMILES string of the molecule is C=CC(=O)OCCOCC(COC(=O)OC)OC(=O)OC.